The number of hydrogen-bond donors (Lipinski definition) is 0. The first-order chi connectivity index (χ1) is 10.7. The fourth-order valence-electron chi connectivity index (χ4n) is 3.08. The summed E-state index contributed by atoms with van der Waals surface area (Å²) in [5, 5.41) is 0. The van der Waals surface area contributed by atoms with Crippen LogP contribution < -0.4 is 4.74 Å². The molecule has 1 unspecified atom stereocenters. The molecule has 2 aromatic rings. The first-order valence-electron chi connectivity index (χ1n) is 7.69. The molecule has 0 radical (unpaired) electrons. The van der Waals surface area contributed by atoms with Crippen molar-refractivity contribution in [3.63, 3.8) is 0 Å². The van der Waals surface area contributed by atoms with Crippen LogP contribution in [-0.4, -0.2) is 12.6 Å². The Kier molecular flexibility index (Phi) is 4.25. The van der Waals surface area contributed by atoms with Crippen molar-refractivity contribution >= 4 is 5.97 Å². The predicted molar refractivity (Wildman–Crippen MR) is 84.8 cm³/mol. The second-order valence-electron chi connectivity index (χ2n) is 5.62. The van der Waals surface area contributed by atoms with Gasteiger partial charge in [0.1, 0.15) is 11.4 Å². The molecule has 0 bridgehead atoms. The van der Waals surface area contributed by atoms with Crippen LogP contribution in [0.3, 0.4) is 0 Å². The molecule has 2 aromatic carbocycles. The van der Waals surface area contributed by atoms with E-state index < -0.39 is 5.60 Å². The Balaban J connectivity index is 1.98. The van der Waals surface area contributed by atoms with E-state index in [1.165, 1.54) is 12.5 Å². The molecule has 0 N–H and O–H groups in total. The lowest BCUT2D eigenvalue weighted by atomic mass is 9.80. The number of esters is 1. The molecule has 0 aromatic heterocycles. The first kappa shape index (κ1) is 14.8. The van der Waals surface area contributed by atoms with Crippen LogP contribution in [0, 0.1) is 0 Å². The molecule has 1 atom stereocenters. The van der Waals surface area contributed by atoms with Gasteiger partial charge in [0.2, 0.25) is 0 Å². The molecule has 1 heterocycles. The average Bonchev–Trinajstić information content (AvgIpc) is 2.56. The number of carbonyl (C=O) groups is 1. The fourth-order valence-corrected chi connectivity index (χ4v) is 3.08. The van der Waals surface area contributed by atoms with Gasteiger partial charge >= 0.3 is 5.97 Å². The van der Waals surface area contributed by atoms with Crippen molar-refractivity contribution in [1.82, 2.24) is 0 Å². The fraction of sp³-hybridized carbons (Fsp3) is 0.316. The minimum absolute atomic E-state index is 0.306. The van der Waals surface area contributed by atoms with E-state index in [9.17, 15) is 4.79 Å². The second-order valence-corrected chi connectivity index (χ2v) is 5.62. The molecule has 22 heavy (non-hydrogen) atoms. The van der Waals surface area contributed by atoms with Gasteiger partial charge in [-0.3, -0.25) is 4.79 Å². The first-order valence-corrected chi connectivity index (χ1v) is 7.69. The molecule has 0 saturated carbocycles. The Morgan fingerprint density at radius 2 is 1.68 bits per heavy atom. The number of benzene rings is 2. The molecule has 1 aliphatic heterocycles. The molecule has 114 valence electrons. The maximum absolute atomic E-state index is 11.0. The maximum atomic E-state index is 11.0. The lowest BCUT2D eigenvalue weighted by molar-refractivity contribution is -0.131. The Morgan fingerprint density at radius 3 is 2.27 bits per heavy atom. The maximum Gasteiger partial charge on any atom is 0.308 e. The highest BCUT2D eigenvalue weighted by atomic mass is 16.5. The van der Waals surface area contributed by atoms with Crippen molar-refractivity contribution in [1.29, 1.82) is 0 Å². The van der Waals surface area contributed by atoms with Crippen LogP contribution in [0.1, 0.15) is 37.3 Å². The minimum atomic E-state index is -0.395. The average molecular weight is 296 g/mol. The van der Waals surface area contributed by atoms with E-state index in [0.29, 0.717) is 5.75 Å². The summed E-state index contributed by atoms with van der Waals surface area (Å²) in [7, 11) is 0. The third-order valence-corrected chi connectivity index (χ3v) is 4.09. The van der Waals surface area contributed by atoms with Crippen molar-refractivity contribution in [2.75, 3.05) is 6.61 Å². The number of rotatable bonds is 3. The summed E-state index contributed by atoms with van der Waals surface area (Å²) in [6.45, 7) is 2.17. The summed E-state index contributed by atoms with van der Waals surface area (Å²) in [6, 6.07) is 18.0. The molecular formula is C19H20O3. The lowest BCUT2D eigenvalue weighted by Gasteiger charge is -2.38. The number of carbonyl (C=O) groups excluding carboxylic acids is 1. The van der Waals surface area contributed by atoms with Crippen LogP contribution in [0.25, 0.3) is 0 Å². The van der Waals surface area contributed by atoms with Crippen LogP contribution in [0.15, 0.2) is 54.6 Å². The monoisotopic (exact) mass is 296 g/mol. The zero-order valence-electron chi connectivity index (χ0n) is 12.7. The molecule has 0 spiro atoms. The predicted octanol–water partition coefficient (Wildman–Crippen LogP) is 4.06. The van der Waals surface area contributed by atoms with Gasteiger partial charge in [-0.1, -0.05) is 42.5 Å². The minimum Gasteiger partial charge on any atom is -0.427 e. The summed E-state index contributed by atoms with van der Waals surface area (Å²) in [5.41, 5.74) is 1.89. The SMILES string of the molecule is CC(=O)Oc1ccc(C2(c3ccccc3)CCCCO2)cc1. The third-order valence-electron chi connectivity index (χ3n) is 4.09. The van der Waals surface area contributed by atoms with Gasteiger partial charge < -0.3 is 9.47 Å². The zero-order chi connectivity index (χ0) is 15.4. The van der Waals surface area contributed by atoms with Crippen molar-refractivity contribution in [3.05, 3.63) is 65.7 Å². The molecule has 0 aliphatic carbocycles. The summed E-state index contributed by atoms with van der Waals surface area (Å²) in [6.07, 6.45) is 3.20. The summed E-state index contributed by atoms with van der Waals surface area (Å²) in [4.78, 5) is 11.0. The number of ether oxygens (including phenoxy) is 2. The smallest absolute Gasteiger partial charge is 0.308 e. The van der Waals surface area contributed by atoms with Crippen molar-refractivity contribution < 1.29 is 14.3 Å². The van der Waals surface area contributed by atoms with Gasteiger partial charge in [0.15, 0.2) is 0 Å². The van der Waals surface area contributed by atoms with Gasteiger partial charge in [-0.05, 0) is 42.5 Å². The lowest BCUT2D eigenvalue weighted by Crippen LogP contribution is -2.34. The van der Waals surface area contributed by atoms with E-state index in [0.717, 1.165) is 31.4 Å². The molecule has 3 nitrogen and oxygen atoms in total. The highest BCUT2D eigenvalue weighted by molar-refractivity contribution is 5.69. The number of hydrogen-bond acceptors (Lipinski definition) is 3. The van der Waals surface area contributed by atoms with Crippen molar-refractivity contribution in [2.24, 2.45) is 0 Å². The van der Waals surface area contributed by atoms with Gasteiger partial charge in [-0.2, -0.15) is 0 Å². The van der Waals surface area contributed by atoms with Crippen molar-refractivity contribution in [2.45, 2.75) is 31.8 Å². The Hall–Kier alpha value is -2.13. The van der Waals surface area contributed by atoms with Crippen LogP contribution in [0.5, 0.6) is 5.75 Å². The molecule has 3 rings (SSSR count). The zero-order valence-corrected chi connectivity index (χ0v) is 12.7. The highest BCUT2D eigenvalue weighted by Crippen LogP contribution is 2.41. The largest absolute Gasteiger partial charge is 0.427 e. The van der Waals surface area contributed by atoms with Gasteiger partial charge in [-0.15, -0.1) is 0 Å². The van der Waals surface area contributed by atoms with Gasteiger partial charge in [0.05, 0.1) is 0 Å². The Labute approximate surface area is 130 Å². The molecule has 1 saturated heterocycles. The molecule has 0 amide bonds. The molecule has 1 aliphatic rings. The quantitative estimate of drug-likeness (QED) is 0.633. The van der Waals surface area contributed by atoms with Crippen LogP contribution in [0.4, 0.5) is 0 Å². The molecule has 1 fully saturated rings. The van der Waals surface area contributed by atoms with Crippen LogP contribution >= 0.6 is 0 Å². The van der Waals surface area contributed by atoms with Gasteiger partial charge in [-0.25, -0.2) is 0 Å². The normalized spacial score (nSPS) is 21.3. The topological polar surface area (TPSA) is 35.5 Å². The van der Waals surface area contributed by atoms with E-state index >= 15 is 0 Å². The third kappa shape index (κ3) is 2.90. The second kappa shape index (κ2) is 6.32. The Bertz CT molecular complexity index is 625. The molecular weight excluding hydrogens is 276 g/mol. The standard InChI is InChI=1S/C19H20O3/c1-15(20)22-18-11-9-17(10-12-18)19(13-5-6-14-21-19)16-7-3-2-4-8-16/h2-4,7-12H,5-6,13-14H2,1H3. The van der Waals surface area contributed by atoms with E-state index in [1.807, 2.05) is 42.5 Å². The van der Waals surface area contributed by atoms with Crippen LogP contribution in [0.2, 0.25) is 0 Å². The van der Waals surface area contributed by atoms with Gasteiger partial charge in [0, 0.05) is 13.5 Å². The van der Waals surface area contributed by atoms with E-state index in [4.69, 9.17) is 9.47 Å². The summed E-state index contributed by atoms with van der Waals surface area (Å²) >= 11 is 0. The van der Waals surface area contributed by atoms with E-state index in [2.05, 4.69) is 12.1 Å². The highest BCUT2D eigenvalue weighted by Gasteiger charge is 2.36. The van der Waals surface area contributed by atoms with E-state index in [1.54, 1.807) is 0 Å². The van der Waals surface area contributed by atoms with E-state index in [-0.39, 0.29) is 5.97 Å². The van der Waals surface area contributed by atoms with Crippen LogP contribution in [-0.2, 0) is 15.1 Å². The summed E-state index contributed by atoms with van der Waals surface area (Å²) in [5.74, 6) is 0.259. The van der Waals surface area contributed by atoms with Crippen molar-refractivity contribution in [3.8, 4) is 5.75 Å². The van der Waals surface area contributed by atoms with Gasteiger partial charge in [0.25, 0.3) is 0 Å². The molecule has 3 heteroatoms. The Morgan fingerprint density at radius 1 is 1.00 bits per heavy atom. The summed E-state index contributed by atoms with van der Waals surface area (Å²) < 4.78 is 11.4.